The average molecular weight is 341 g/mol. The van der Waals surface area contributed by atoms with Gasteiger partial charge in [0, 0.05) is 24.7 Å². The van der Waals surface area contributed by atoms with E-state index in [0.29, 0.717) is 5.92 Å². The van der Waals surface area contributed by atoms with E-state index in [4.69, 9.17) is 0 Å². The summed E-state index contributed by atoms with van der Waals surface area (Å²) in [5.41, 5.74) is 4.04. The van der Waals surface area contributed by atoms with E-state index >= 15 is 0 Å². The summed E-state index contributed by atoms with van der Waals surface area (Å²) in [5, 5.41) is 11.9. The average Bonchev–Trinajstić information content (AvgIpc) is 3.34. The second kappa shape index (κ2) is 6.65. The minimum absolute atomic E-state index is 0.123. The largest absolute Gasteiger partial charge is 0.336 e. The number of amides is 1. The van der Waals surface area contributed by atoms with E-state index in [-0.39, 0.29) is 11.9 Å². The predicted molar refractivity (Wildman–Crippen MR) is 95.7 cm³/mol. The van der Waals surface area contributed by atoms with Gasteiger partial charge in [0.15, 0.2) is 0 Å². The number of aryl methyl sites for hydroxylation is 2. The van der Waals surface area contributed by atoms with E-state index in [1.807, 2.05) is 11.8 Å². The van der Waals surface area contributed by atoms with Gasteiger partial charge in [0.2, 0.25) is 0 Å². The topological polar surface area (TPSA) is 66.8 Å². The molecule has 3 heterocycles. The quantitative estimate of drug-likeness (QED) is 0.931. The van der Waals surface area contributed by atoms with Gasteiger partial charge < -0.3 is 4.90 Å². The van der Waals surface area contributed by atoms with E-state index < -0.39 is 0 Å². The third-order valence-corrected chi connectivity index (χ3v) is 5.75. The van der Waals surface area contributed by atoms with Crippen LogP contribution >= 0.6 is 0 Å². The van der Waals surface area contributed by atoms with Crippen molar-refractivity contribution in [2.24, 2.45) is 0 Å². The van der Waals surface area contributed by atoms with Crippen LogP contribution in [0.2, 0.25) is 0 Å². The molecule has 1 amide bonds. The molecule has 1 aliphatic heterocycles. The Kier molecular flexibility index (Phi) is 4.36. The maximum Gasteiger partial charge on any atom is 0.257 e. The molecular weight excluding hydrogens is 314 g/mol. The third-order valence-electron chi connectivity index (χ3n) is 5.75. The number of aromatic nitrogens is 4. The van der Waals surface area contributed by atoms with Crippen molar-refractivity contribution in [3.63, 3.8) is 0 Å². The van der Waals surface area contributed by atoms with Crippen molar-refractivity contribution in [2.75, 3.05) is 13.1 Å². The molecule has 2 aliphatic rings. The summed E-state index contributed by atoms with van der Waals surface area (Å²) < 4.78 is 2.08. The first-order valence-electron chi connectivity index (χ1n) is 9.49. The second-order valence-electron chi connectivity index (χ2n) is 7.60. The van der Waals surface area contributed by atoms with Crippen LogP contribution < -0.4 is 0 Å². The van der Waals surface area contributed by atoms with Gasteiger partial charge in [-0.1, -0.05) is 19.3 Å². The summed E-state index contributed by atoms with van der Waals surface area (Å²) in [7, 11) is 0. The minimum Gasteiger partial charge on any atom is -0.336 e. The molecule has 1 saturated heterocycles. The first kappa shape index (κ1) is 16.4. The van der Waals surface area contributed by atoms with Crippen LogP contribution in [0.25, 0.3) is 0 Å². The molecule has 134 valence electrons. The van der Waals surface area contributed by atoms with Crippen molar-refractivity contribution < 1.29 is 4.79 Å². The molecule has 0 bridgehead atoms. The third kappa shape index (κ3) is 3.10. The van der Waals surface area contributed by atoms with E-state index in [2.05, 4.69) is 33.0 Å². The Morgan fingerprint density at radius 3 is 2.72 bits per heavy atom. The lowest BCUT2D eigenvalue weighted by molar-refractivity contribution is 0.0785. The summed E-state index contributed by atoms with van der Waals surface area (Å²) in [5.74, 6) is 0.586. The number of carbonyl (C=O) groups is 1. The smallest absolute Gasteiger partial charge is 0.257 e. The van der Waals surface area contributed by atoms with Gasteiger partial charge in [-0.3, -0.25) is 14.6 Å². The second-order valence-corrected chi connectivity index (χ2v) is 7.60. The maximum absolute atomic E-state index is 13.1. The van der Waals surface area contributed by atoms with Gasteiger partial charge in [-0.05, 0) is 39.2 Å². The first-order chi connectivity index (χ1) is 12.1. The highest BCUT2D eigenvalue weighted by Gasteiger charge is 2.32. The zero-order valence-corrected chi connectivity index (χ0v) is 15.2. The molecule has 6 heteroatoms. The Bertz CT molecular complexity index is 756. The van der Waals surface area contributed by atoms with E-state index in [1.165, 1.54) is 25.0 Å². The molecule has 0 spiro atoms. The van der Waals surface area contributed by atoms with Crippen molar-refractivity contribution in [1.29, 1.82) is 0 Å². The lowest BCUT2D eigenvalue weighted by atomic mass is 9.85. The Morgan fingerprint density at radius 1 is 1.20 bits per heavy atom. The van der Waals surface area contributed by atoms with Gasteiger partial charge in [-0.2, -0.15) is 10.2 Å². The van der Waals surface area contributed by atoms with Crippen LogP contribution in [-0.2, 0) is 0 Å². The fourth-order valence-electron chi connectivity index (χ4n) is 4.48. The van der Waals surface area contributed by atoms with Crippen LogP contribution in [0, 0.1) is 13.8 Å². The number of aromatic amines is 1. The molecule has 4 rings (SSSR count). The molecule has 1 aliphatic carbocycles. The fraction of sp³-hybridized carbons (Fsp3) is 0.632. The van der Waals surface area contributed by atoms with Crippen LogP contribution in [0.3, 0.4) is 0 Å². The molecule has 1 saturated carbocycles. The van der Waals surface area contributed by atoms with Crippen molar-refractivity contribution >= 4 is 5.91 Å². The van der Waals surface area contributed by atoms with Gasteiger partial charge in [-0.25, -0.2) is 0 Å². The summed E-state index contributed by atoms with van der Waals surface area (Å²) >= 11 is 0. The van der Waals surface area contributed by atoms with Crippen molar-refractivity contribution in [1.82, 2.24) is 24.9 Å². The number of H-pyrrole nitrogens is 1. The monoisotopic (exact) mass is 341 g/mol. The van der Waals surface area contributed by atoms with Crippen molar-refractivity contribution in [2.45, 2.75) is 64.3 Å². The molecule has 1 atom stereocenters. The lowest BCUT2D eigenvalue weighted by Crippen LogP contribution is -2.30. The molecule has 25 heavy (non-hydrogen) atoms. The predicted octanol–water partition coefficient (Wildman–Crippen LogP) is 3.36. The van der Waals surface area contributed by atoms with Gasteiger partial charge in [0.25, 0.3) is 5.91 Å². The Balaban J connectivity index is 1.49. The van der Waals surface area contributed by atoms with Gasteiger partial charge in [-0.15, -0.1) is 0 Å². The molecule has 2 aromatic heterocycles. The number of nitrogens with zero attached hydrogens (tertiary/aromatic N) is 4. The van der Waals surface area contributed by atoms with Crippen LogP contribution in [0.1, 0.15) is 77.9 Å². The zero-order chi connectivity index (χ0) is 17.4. The highest BCUT2D eigenvalue weighted by Crippen LogP contribution is 2.34. The number of hydrogen-bond donors (Lipinski definition) is 1. The highest BCUT2D eigenvalue weighted by molar-refractivity contribution is 5.95. The highest BCUT2D eigenvalue weighted by atomic mass is 16.2. The molecule has 2 aromatic rings. The van der Waals surface area contributed by atoms with Crippen LogP contribution in [0.15, 0.2) is 12.3 Å². The van der Waals surface area contributed by atoms with Gasteiger partial charge >= 0.3 is 0 Å². The Hall–Kier alpha value is -2.11. The number of rotatable bonds is 3. The van der Waals surface area contributed by atoms with Crippen LogP contribution in [0.5, 0.6) is 0 Å². The lowest BCUT2D eigenvalue weighted by Gasteiger charge is -2.23. The number of nitrogens with one attached hydrogen (secondary N) is 1. The standard InChI is InChI=1S/C19H27N5O/c1-13-10-14(2)24(22-13)16-8-9-23(12-16)19(25)17-11-20-21-18(17)15-6-4-3-5-7-15/h10-11,15-16H,3-9,12H2,1-2H3,(H,20,21). The van der Waals surface area contributed by atoms with Gasteiger partial charge in [0.05, 0.1) is 29.2 Å². The van der Waals surface area contributed by atoms with E-state index in [0.717, 1.165) is 49.3 Å². The minimum atomic E-state index is 0.123. The summed E-state index contributed by atoms with van der Waals surface area (Å²) in [4.78, 5) is 15.0. The molecule has 1 N–H and O–H groups in total. The molecule has 2 fully saturated rings. The summed E-state index contributed by atoms with van der Waals surface area (Å²) in [6.07, 6.45) is 8.83. The number of carbonyl (C=O) groups excluding carboxylic acids is 1. The Morgan fingerprint density at radius 2 is 2.00 bits per heavy atom. The SMILES string of the molecule is Cc1cc(C)n(C2CCN(C(=O)c3cn[nH]c3C3CCCCC3)C2)n1. The van der Waals surface area contributed by atoms with E-state index in [9.17, 15) is 4.79 Å². The van der Waals surface area contributed by atoms with Crippen molar-refractivity contribution in [3.05, 3.63) is 34.9 Å². The number of likely N-dealkylation sites (tertiary alicyclic amines) is 1. The molecule has 0 aromatic carbocycles. The first-order valence-corrected chi connectivity index (χ1v) is 9.49. The number of hydrogen-bond acceptors (Lipinski definition) is 3. The molecular formula is C19H27N5O. The molecule has 0 radical (unpaired) electrons. The van der Waals surface area contributed by atoms with Gasteiger partial charge in [0.1, 0.15) is 0 Å². The van der Waals surface area contributed by atoms with E-state index in [1.54, 1.807) is 6.20 Å². The Labute approximate surface area is 148 Å². The van der Waals surface area contributed by atoms with Crippen LogP contribution in [0.4, 0.5) is 0 Å². The van der Waals surface area contributed by atoms with Crippen molar-refractivity contribution in [3.8, 4) is 0 Å². The maximum atomic E-state index is 13.1. The normalized spacial score (nSPS) is 21.8. The summed E-state index contributed by atoms with van der Waals surface area (Å²) in [6, 6.07) is 2.38. The van der Waals surface area contributed by atoms with Crippen LogP contribution in [-0.4, -0.2) is 43.9 Å². The zero-order valence-electron chi connectivity index (χ0n) is 15.2. The molecule has 1 unspecified atom stereocenters. The fourth-order valence-corrected chi connectivity index (χ4v) is 4.48. The summed E-state index contributed by atoms with van der Waals surface area (Å²) in [6.45, 7) is 5.62. The molecule has 6 nitrogen and oxygen atoms in total.